The SMILES string of the molecule is CCCNc1nc(OC)nc(N(C)c2ccc(F)cc2)n1. The zero-order chi connectivity index (χ0) is 15.2. The number of hydrogen-bond acceptors (Lipinski definition) is 6. The topological polar surface area (TPSA) is 63.2 Å². The Balaban J connectivity index is 2.30. The lowest BCUT2D eigenvalue weighted by Crippen LogP contribution is -2.16. The first-order valence-electron chi connectivity index (χ1n) is 6.67. The standard InChI is InChI=1S/C14H18FN5O/c1-4-9-16-12-17-13(19-14(18-12)21-3)20(2)11-7-5-10(15)6-8-11/h5-8H,4,9H2,1-3H3,(H,16,17,18,19). The van der Waals surface area contributed by atoms with Gasteiger partial charge in [0.05, 0.1) is 7.11 Å². The summed E-state index contributed by atoms with van der Waals surface area (Å²) in [6.45, 7) is 2.81. The third kappa shape index (κ3) is 3.77. The minimum absolute atomic E-state index is 0.229. The Bertz CT molecular complexity index is 590. The second-order valence-electron chi connectivity index (χ2n) is 4.41. The van der Waals surface area contributed by atoms with E-state index >= 15 is 0 Å². The summed E-state index contributed by atoms with van der Waals surface area (Å²) in [5.74, 6) is 0.588. The molecule has 2 aromatic rings. The fraction of sp³-hybridized carbons (Fsp3) is 0.357. The van der Waals surface area contributed by atoms with Crippen LogP contribution >= 0.6 is 0 Å². The van der Waals surface area contributed by atoms with Gasteiger partial charge in [-0.05, 0) is 30.7 Å². The quantitative estimate of drug-likeness (QED) is 0.882. The van der Waals surface area contributed by atoms with Gasteiger partial charge in [0.15, 0.2) is 0 Å². The fourth-order valence-corrected chi connectivity index (χ4v) is 1.68. The molecule has 0 bridgehead atoms. The molecule has 7 heteroatoms. The molecule has 6 nitrogen and oxygen atoms in total. The number of rotatable bonds is 6. The molecule has 0 aliphatic carbocycles. The molecular weight excluding hydrogens is 273 g/mol. The summed E-state index contributed by atoms with van der Waals surface area (Å²) in [6.07, 6.45) is 0.955. The molecule has 0 aliphatic rings. The molecule has 0 saturated carbocycles. The maximum Gasteiger partial charge on any atom is 0.322 e. The molecule has 1 heterocycles. The molecule has 0 spiro atoms. The summed E-state index contributed by atoms with van der Waals surface area (Å²) in [5.41, 5.74) is 0.770. The Morgan fingerprint density at radius 3 is 2.52 bits per heavy atom. The first kappa shape index (κ1) is 15.0. The average Bonchev–Trinajstić information content (AvgIpc) is 2.52. The first-order valence-corrected chi connectivity index (χ1v) is 6.67. The van der Waals surface area contributed by atoms with E-state index in [1.807, 2.05) is 0 Å². The zero-order valence-electron chi connectivity index (χ0n) is 12.3. The van der Waals surface area contributed by atoms with Gasteiger partial charge in [0, 0.05) is 19.3 Å². The smallest absolute Gasteiger partial charge is 0.322 e. The molecule has 1 N–H and O–H groups in total. The van der Waals surface area contributed by atoms with Crippen molar-refractivity contribution in [2.24, 2.45) is 0 Å². The van der Waals surface area contributed by atoms with Crippen LogP contribution in [0.25, 0.3) is 0 Å². The molecule has 0 saturated heterocycles. The Kier molecular flexibility index (Phi) is 4.86. The van der Waals surface area contributed by atoms with Crippen molar-refractivity contribution in [1.82, 2.24) is 15.0 Å². The molecule has 112 valence electrons. The summed E-state index contributed by atoms with van der Waals surface area (Å²) in [5, 5.41) is 3.10. The molecule has 1 aromatic carbocycles. The van der Waals surface area contributed by atoms with Crippen LogP contribution in [-0.2, 0) is 0 Å². The first-order chi connectivity index (χ1) is 10.1. The number of hydrogen-bond donors (Lipinski definition) is 1. The average molecular weight is 291 g/mol. The van der Waals surface area contributed by atoms with Crippen molar-refractivity contribution >= 4 is 17.6 Å². The Morgan fingerprint density at radius 2 is 1.90 bits per heavy atom. The van der Waals surface area contributed by atoms with Crippen molar-refractivity contribution in [3.05, 3.63) is 30.1 Å². The van der Waals surface area contributed by atoms with E-state index in [9.17, 15) is 4.39 Å². The highest BCUT2D eigenvalue weighted by Crippen LogP contribution is 2.22. The van der Waals surface area contributed by atoms with E-state index in [0.29, 0.717) is 11.9 Å². The van der Waals surface area contributed by atoms with Crippen molar-refractivity contribution in [3.8, 4) is 6.01 Å². The van der Waals surface area contributed by atoms with Gasteiger partial charge >= 0.3 is 6.01 Å². The highest BCUT2D eigenvalue weighted by atomic mass is 19.1. The number of nitrogens with one attached hydrogen (secondary N) is 1. The Hall–Kier alpha value is -2.44. The van der Waals surface area contributed by atoms with Gasteiger partial charge in [0.1, 0.15) is 5.82 Å². The molecule has 0 radical (unpaired) electrons. The van der Waals surface area contributed by atoms with Gasteiger partial charge in [0.25, 0.3) is 0 Å². The molecule has 1 aromatic heterocycles. The summed E-state index contributed by atoms with van der Waals surface area (Å²) in [4.78, 5) is 14.4. The fourth-order valence-electron chi connectivity index (χ4n) is 1.68. The number of nitrogens with zero attached hydrogens (tertiary/aromatic N) is 4. The number of anilines is 3. The summed E-state index contributed by atoms with van der Waals surface area (Å²) in [6, 6.07) is 6.32. The van der Waals surface area contributed by atoms with E-state index in [4.69, 9.17) is 4.74 Å². The van der Waals surface area contributed by atoms with Gasteiger partial charge in [-0.15, -0.1) is 0 Å². The monoisotopic (exact) mass is 291 g/mol. The number of benzene rings is 1. The summed E-state index contributed by atoms with van der Waals surface area (Å²) < 4.78 is 18.1. The largest absolute Gasteiger partial charge is 0.467 e. The Labute approximate surface area is 123 Å². The lowest BCUT2D eigenvalue weighted by atomic mass is 10.3. The van der Waals surface area contributed by atoms with Crippen molar-refractivity contribution in [1.29, 1.82) is 0 Å². The lowest BCUT2D eigenvalue weighted by molar-refractivity contribution is 0.379. The number of halogens is 1. The van der Waals surface area contributed by atoms with Crippen LogP contribution < -0.4 is 15.0 Å². The van der Waals surface area contributed by atoms with Gasteiger partial charge in [-0.25, -0.2) is 4.39 Å². The van der Waals surface area contributed by atoms with E-state index in [-0.39, 0.29) is 11.8 Å². The van der Waals surface area contributed by atoms with Crippen molar-refractivity contribution in [2.45, 2.75) is 13.3 Å². The molecule has 2 rings (SSSR count). The predicted octanol–water partition coefficient (Wildman–Crippen LogP) is 2.61. The van der Waals surface area contributed by atoms with Crippen LogP contribution in [0.2, 0.25) is 0 Å². The van der Waals surface area contributed by atoms with E-state index in [1.165, 1.54) is 19.2 Å². The molecule has 0 atom stereocenters. The van der Waals surface area contributed by atoms with Crippen molar-refractivity contribution < 1.29 is 9.13 Å². The summed E-state index contributed by atoms with van der Waals surface area (Å²) >= 11 is 0. The Morgan fingerprint density at radius 1 is 1.19 bits per heavy atom. The van der Waals surface area contributed by atoms with Crippen molar-refractivity contribution in [3.63, 3.8) is 0 Å². The van der Waals surface area contributed by atoms with Crippen LogP contribution in [0.3, 0.4) is 0 Å². The normalized spacial score (nSPS) is 10.3. The van der Waals surface area contributed by atoms with Crippen LogP contribution in [0, 0.1) is 5.82 Å². The zero-order valence-corrected chi connectivity index (χ0v) is 12.3. The highest BCUT2D eigenvalue weighted by Gasteiger charge is 2.12. The lowest BCUT2D eigenvalue weighted by Gasteiger charge is -2.18. The number of aromatic nitrogens is 3. The van der Waals surface area contributed by atoms with Gasteiger partial charge in [-0.2, -0.15) is 15.0 Å². The molecular formula is C14H18FN5O. The minimum atomic E-state index is -0.286. The van der Waals surface area contributed by atoms with Gasteiger partial charge in [-0.1, -0.05) is 6.92 Å². The van der Waals surface area contributed by atoms with E-state index in [1.54, 1.807) is 24.1 Å². The van der Waals surface area contributed by atoms with Gasteiger partial charge in [0.2, 0.25) is 11.9 Å². The molecule has 0 amide bonds. The maximum atomic E-state index is 13.0. The molecule has 0 unspecified atom stereocenters. The summed E-state index contributed by atoms with van der Waals surface area (Å²) in [7, 11) is 3.30. The van der Waals surface area contributed by atoms with Crippen LogP contribution in [0.15, 0.2) is 24.3 Å². The van der Waals surface area contributed by atoms with Crippen LogP contribution in [-0.4, -0.2) is 35.7 Å². The minimum Gasteiger partial charge on any atom is -0.467 e. The van der Waals surface area contributed by atoms with Gasteiger partial charge < -0.3 is 15.0 Å². The second-order valence-corrected chi connectivity index (χ2v) is 4.41. The maximum absolute atomic E-state index is 13.0. The van der Waals surface area contributed by atoms with Crippen LogP contribution in [0.4, 0.5) is 22.0 Å². The van der Waals surface area contributed by atoms with E-state index in [2.05, 4.69) is 27.2 Å². The molecule has 0 aliphatic heterocycles. The number of methoxy groups -OCH3 is 1. The van der Waals surface area contributed by atoms with Crippen molar-refractivity contribution in [2.75, 3.05) is 30.9 Å². The number of ether oxygens (including phenoxy) is 1. The molecule has 21 heavy (non-hydrogen) atoms. The van der Waals surface area contributed by atoms with E-state index in [0.717, 1.165) is 18.7 Å². The molecule has 0 fully saturated rings. The third-order valence-corrected chi connectivity index (χ3v) is 2.83. The predicted molar refractivity (Wildman–Crippen MR) is 79.6 cm³/mol. The highest BCUT2D eigenvalue weighted by molar-refractivity contribution is 5.57. The van der Waals surface area contributed by atoms with Crippen LogP contribution in [0.5, 0.6) is 6.01 Å². The van der Waals surface area contributed by atoms with Gasteiger partial charge in [-0.3, -0.25) is 0 Å². The second kappa shape index (κ2) is 6.83. The third-order valence-electron chi connectivity index (χ3n) is 2.83. The van der Waals surface area contributed by atoms with Crippen LogP contribution in [0.1, 0.15) is 13.3 Å². The van der Waals surface area contributed by atoms with E-state index < -0.39 is 0 Å².